The lowest BCUT2D eigenvalue weighted by molar-refractivity contribution is 0.349. The van der Waals surface area contributed by atoms with Crippen molar-refractivity contribution in [3.8, 4) is 0 Å². The summed E-state index contributed by atoms with van der Waals surface area (Å²) in [5.41, 5.74) is 2.53. The number of nitrogens with one attached hydrogen (secondary N) is 1. The standard InChI is InChI=1S/C17H23N3/c1-14-5-2-3-6-17(14)19-16-9-7-15(8-10-16)13-20-12-4-11-18-20/h4,7-12,14,17,19H,2-3,5-6,13H2,1H3. The number of hydrogen-bond acceptors (Lipinski definition) is 2. The van der Waals surface area contributed by atoms with E-state index in [1.807, 2.05) is 23.1 Å². The van der Waals surface area contributed by atoms with Crippen LogP contribution in [0.5, 0.6) is 0 Å². The van der Waals surface area contributed by atoms with Gasteiger partial charge in [-0.1, -0.05) is 31.9 Å². The van der Waals surface area contributed by atoms with E-state index in [1.54, 1.807) is 0 Å². The quantitative estimate of drug-likeness (QED) is 0.911. The lowest BCUT2D eigenvalue weighted by Gasteiger charge is -2.30. The van der Waals surface area contributed by atoms with Gasteiger partial charge in [-0.3, -0.25) is 4.68 Å². The molecule has 2 aromatic rings. The van der Waals surface area contributed by atoms with Crippen molar-refractivity contribution in [3.05, 3.63) is 48.3 Å². The van der Waals surface area contributed by atoms with Crippen LogP contribution in [0.4, 0.5) is 5.69 Å². The highest BCUT2D eigenvalue weighted by Gasteiger charge is 2.20. The summed E-state index contributed by atoms with van der Waals surface area (Å²) in [6, 6.07) is 11.4. The van der Waals surface area contributed by atoms with Crippen molar-refractivity contribution in [2.75, 3.05) is 5.32 Å². The molecule has 106 valence electrons. The third-order valence-corrected chi connectivity index (χ3v) is 4.32. The van der Waals surface area contributed by atoms with Crippen LogP contribution < -0.4 is 5.32 Å². The molecule has 0 amide bonds. The molecule has 1 aromatic carbocycles. The molecular weight excluding hydrogens is 246 g/mol. The monoisotopic (exact) mass is 269 g/mol. The van der Waals surface area contributed by atoms with Crippen molar-refractivity contribution in [1.29, 1.82) is 0 Å². The maximum atomic E-state index is 4.24. The van der Waals surface area contributed by atoms with Gasteiger partial charge in [-0.05, 0) is 42.5 Å². The topological polar surface area (TPSA) is 29.9 Å². The molecule has 3 rings (SSSR count). The van der Waals surface area contributed by atoms with Gasteiger partial charge in [0.1, 0.15) is 0 Å². The minimum absolute atomic E-state index is 0.640. The predicted molar refractivity (Wildman–Crippen MR) is 82.8 cm³/mol. The molecule has 1 aliphatic carbocycles. The van der Waals surface area contributed by atoms with Crippen molar-refractivity contribution in [3.63, 3.8) is 0 Å². The summed E-state index contributed by atoms with van der Waals surface area (Å²) >= 11 is 0. The van der Waals surface area contributed by atoms with E-state index in [9.17, 15) is 0 Å². The molecule has 1 fully saturated rings. The van der Waals surface area contributed by atoms with Gasteiger partial charge in [-0.2, -0.15) is 5.10 Å². The molecule has 0 saturated heterocycles. The second kappa shape index (κ2) is 6.12. The van der Waals surface area contributed by atoms with E-state index in [0.717, 1.165) is 12.5 Å². The Bertz CT molecular complexity index is 516. The number of rotatable bonds is 4. The van der Waals surface area contributed by atoms with Gasteiger partial charge in [-0.15, -0.1) is 0 Å². The number of aromatic nitrogens is 2. The summed E-state index contributed by atoms with van der Waals surface area (Å²) in [6.07, 6.45) is 9.23. The Morgan fingerprint density at radius 3 is 2.70 bits per heavy atom. The number of benzene rings is 1. The van der Waals surface area contributed by atoms with Gasteiger partial charge in [0.05, 0.1) is 6.54 Å². The van der Waals surface area contributed by atoms with E-state index in [4.69, 9.17) is 0 Å². The Morgan fingerprint density at radius 1 is 1.20 bits per heavy atom. The Balaban J connectivity index is 1.61. The van der Waals surface area contributed by atoms with Gasteiger partial charge < -0.3 is 5.32 Å². The fourth-order valence-corrected chi connectivity index (χ4v) is 3.03. The Kier molecular flexibility index (Phi) is 4.05. The summed E-state index contributed by atoms with van der Waals surface area (Å²) < 4.78 is 1.95. The van der Waals surface area contributed by atoms with Crippen LogP contribution in [0.2, 0.25) is 0 Å². The molecule has 0 bridgehead atoms. The fraction of sp³-hybridized carbons (Fsp3) is 0.471. The normalized spacial score (nSPS) is 22.6. The van der Waals surface area contributed by atoms with Crippen LogP contribution in [0.15, 0.2) is 42.7 Å². The van der Waals surface area contributed by atoms with Crippen LogP contribution in [-0.2, 0) is 6.54 Å². The van der Waals surface area contributed by atoms with Crippen molar-refractivity contribution in [1.82, 2.24) is 9.78 Å². The van der Waals surface area contributed by atoms with Crippen LogP contribution in [0.1, 0.15) is 38.2 Å². The molecule has 1 aliphatic rings. The fourth-order valence-electron chi connectivity index (χ4n) is 3.03. The molecule has 1 N–H and O–H groups in total. The van der Waals surface area contributed by atoms with E-state index < -0.39 is 0 Å². The van der Waals surface area contributed by atoms with Crippen LogP contribution in [0.3, 0.4) is 0 Å². The molecule has 0 radical (unpaired) electrons. The van der Waals surface area contributed by atoms with E-state index in [2.05, 4.69) is 41.6 Å². The average Bonchev–Trinajstić information content (AvgIpc) is 2.96. The first-order valence-corrected chi connectivity index (χ1v) is 7.64. The summed E-state index contributed by atoms with van der Waals surface area (Å²) in [4.78, 5) is 0. The molecule has 3 heteroatoms. The van der Waals surface area contributed by atoms with Gasteiger partial charge in [0.15, 0.2) is 0 Å². The highest BCUT2D eigenvalue weighted by atomic mass is 15.3. The van der Waals surface area contributed by atoms with Crippen LogP contribution in [0, 0.1) is 5.92 Å². The van der Waals surface area contributed by atoms with Crippen LogP contribution in [-0.4, -0.2) is 15.8 Å². The second-order valence-corrected chi connectivity index (χ2v) is 5.91. The van der Waals surface area contributed by atoms with Crippen molar-refractivity contribution in [2.45, 2.75) is 45.2 Å². The zero-order valence-electron chi connectivity index (χ0n) is 12.1. The molecule has 1 saturated carbocycles. The first-order chi connectivity index (χ1) is 9.81. The lowest BCUT2D eigenvalue weighted by atomic mass is 9.86. The second-order valence-electron chi connectivity index (χ2n) is 5.91. The van der Waals surface area contributed by atoms with Gasteiger partial charge in [0.25, 0.3) is 0 Å². The third-order valence-electron chi connectivity index (χ3n) is 4.32. The van der Waals surface area contributed by atoms with E-state index in [1.165, 1.54) is 36.9 Å². The number of nitrogens with zero attached hydrogens (tertiary/aromatic N) is 2. The number of hydrogen-bond donors (Lipinski definition) is 1. The van der Waals surface area contributed by atoms with Crippen LogP contribution >= 0.6 is 0 Å². The first-order valence-electron chi connectivity index (χ1n) is 7.64. The zero-order chi connectivity index (χ0) is 13.8. The van der Waals surface area contributed by atoms with Gasteiger partial charge in [0.2, 0.25) is 0 Å². The van der Waals surface area contributed by atoms with Gasteiger partial charge in [0, 0.05) is 24.1 Å². The molecule has 20 heavy (non-hydrogen) atoms. The van der Waals surface area contributed by atoms with Crippen molar-refractivity contribution in [2.24, 2.45) is 5.92 Å². The molecule has 0 aliphatic heterocycles. The van der Waals surface area contributed by atoms with Crippen molar-refractivity contribution < 1.29 is 0 Å². The first kappa shape index (κ1) is 13.2. The minimum Gasteiger partial charge on any atom is -0.382 e. The molecule has 1 heterocycles. The van der Waals surface area contributed by atoms with E-state index in [0.29, 0.717) is 6.04 Å². The Labute approximate surface area is 121 Å². The summed E-state index contributed by atoms with van der Waals surface area (Å²) in [5, 5.41) is 7.93. The SMILES string of the molecule is CC1CCCCC1Nc1ccc(Cn2cccn2)cc1. The van der Waals surface area contributed by atoms with Crippen LogP contribution in [0.25, 0.3) is 0 Å². The summed E-state index contributed by atoms with van der Waals surface area (Å²) in [5.74, 6) is 0.785. The molecule has 1 aromatic heterocycles. The maximum absolute atomic E-state index is 4.24. The summed E-state index contributed by atoms with van der Waals surface area (Å²) in [7, 11) is 0. The molecule has 2 atom stereocenters. The average molecular weight is 269 g/mol. The van der Waals surface area contributed by atoms with E-state index in [-0.39, 0.29) is 0 Å². The van der Waals surface area contributed by atoms with Crippen molar-refractivity contribution >= 4 is 5.69 Å². The summed E-state index contributed by atoms with van der Waals surface area (Å²) in [6.45, 7) is 3.20. The Morgan fingerprint density at radius 2 is 2.00 bits per heavy atom. The zero-order valence-corrected chi connectivity index (χ0v) is 12.1. The molecule has 2 unspecified atom stereocenters. The van der Waals surface area contributed by atoms with Gasteiger partial charge in [-0.25, -0.2) is 0 Å². The largest absolute Gasteiger partial charge is 0.382 e. The van der Waals surface area contributed by atoms with E-state index >= 15 is 0 Å². The molecular formula is C17H23N3. The smallest absolute Gasteiger partial charge is 0.0659 e. The lowest BCUT2D eigenvalue weighted by Crippen LogP contribution is -2.30. The molecule has 0 spiro atoms. The maximum Gasteiger partial charge on any atom is 0.0659 e. The van der Waals surface area contributed by atoms with Gasteiger partial charge >= 0.3 is 0 Å². The highest BCUT2D eigenvalue weighted by molar-refractivity contribution is 5.45. The third kappa shape index (κ3) is 3.21. The minimum atomic E-state index is 0.640. The Hall–Kier alpha value is -1.77. The number of anilines is 1. The predicted octanol–water partition coefficient (Wildman–Crippen LogP) is 3.92. The molecule has 3 nitrogen and oxygen atoms in total. The highest BCUT2D eigenvalue weighted by Crippen LogP contribution is 2.26.